The molecule has 0 atom stereocenters. The van der Waals surface area contributed by atoms with Crippen molar-refractivity contribution in [3.05, 3.63) is 106 Å². The molecule has 2 bridgehead atoms. The number of hydrogen-bond acceptors (Lipinski definition) is 0. The molecular weight excluding hydrogens is 418 g/mol. The van der Waals surface area contributed by atoms with Gasteiger partial charge in [-0.2, -0.15) is 59.7 Å². The molecule has 6 rings (SSSR count). The monoisotopic (exact) mass is 430 g/mol. The Balaban J connectivity index is 0.000000720. The van der Waals surface area contributed by atoms with Gasteiger partial charge in [-0.1, -0.05) is 35.7 Å². The molecule has 3 aliphatic carbocycles. The summed E-state index contributed by atoms with van der Waals surface area (Å²) in [6.07, 6.45) is 0. The van der Waals surface area contributed by atoms with Gasteiger partial charge in [0.2, 0.25) is 0 Å². The van der Waals surface area contributed by atoms with Crippen LogP contribution in [-0.2, 0) is 65.4 Å². The van der Waals surface area contributed by atoms with Crippen LogP contribution in [0.5, 0.6) is 0 Å². The van der Waals surface area contributed by atoms with Crippen molar-refractivity contribution in [2.75, 3.05) is 0 Å². The van der Waals surface area contributed by atoms with Crippen LogP contribution in [0.3, 0.4) is 0 Å². The topological polar surface area (TPSA) is 0 Å². The zero-order valence-electron chi connectivity index (χ0n) is 12.1. The number of hydrogen-bond donors (Lipinski definition) is 0. The normalized spacial score (nSPS) is 19.1. The minimum atomic E-state index is 0. The molecule has 3 aliphatic rings. The molecule has 3 aromatic carbocycles. The standard InChI is InChI=1S/C20H12.2Y/c1-2-8-14-13(7-1)19-15-9-3-5-11-17(15)20(14)18-12-6-4-10-16(18)19;;/h1-10,19-20H;;/q-2;;. The molecule has 0 aromatic heterocycles. The SMILES string of the molecule is [Y].[Y].[c-]1cccc2c1C1c3[c-]cccc3C2c2ccccc21. The Kier molecular flexibility index (Phi) is 4.86. The van der Waals surface area contributed by atoms with Gasteiger partial charge in [0.15, 0.2) is 0 Å². The minimum Gasteiger partial charge on any atom is -0.179 e. The second-order valence-corrected chi connectivity index (χ2v) is 5.57. The van der Waals surface area contributed by atoms with E-state index in [4.69, 9.17) is 0 Å². The average molecular weight is 430 g/mol. The Morgan fingerprint density at radius 1 is 0.545 bits per heavy atom. The summed E-state index contributed by atoms with van der Waals surface area (Å²) in [7, 11) is 0. The molecule has 0 nitrogen and oxygen atoms in total. The van der Waals surface area contributed by atoms with E-state index in [9.17, 15) is 0 Å². The first-order valence-corrected chi connectivity index (χ1v) is 7.05. The van der Waals surface area contributed by atoms with Gasteiger partial charge in [0.1, 0.15) is 0 Å². The maximum absolute atomic E-state index is 3.48. The van der Waals surface area contributed by atoms with Crippen LogP contribution in [0.4, 0.5) is 0 Å². The first-order valence-electron chi connectivity index (χ1n) is 7.05. The molecule has 0 unspecified atom stereocenters. The molecule has 0 N–H and O–H groups in total. The van der Waals surface area contributed by atoms with Crippen LogP contribution in [0.25, 0.3) is 0 Å². The van der Waals surface area contributed by atoms with Crippen LogP contribution in [-0.4, -0.2) is 0 Å². The largest absolute Gasteiger partial charge is 0.179 e. The van der Waals surface area contributed by atoms with Crippen LogP contribution in [0, 0.1) is 12.1 Å². The maximum Gasteiger partial charge on any atom is 0 e. The van der Waals surface area contributed by atoms with Crippen LogP contribution in [0.2, 0.25) is 0 Å². The molecule has 2 radical (unpaired) electrons. The maximum atomic E-state index is 3.48. The quantitative estimate of drug-likeness (QED) is 0.322. The summed E-state index contributed by atoms with van der Waals surface area (Å²) in [5.74, 6) is 0.666. The molecule has 0 saturated carbocycles. The molecule has 0 spiro atoms. The van der Waals surface area contributed by atoms with Crippen LogP contribution in [0.15, 0.2) is 60.7 Å². The van der Waals surface area contributed by atoms with Crippen molar-refractivity contribution in [1.82, 2.24) is 0 Å². The Labute approximate surface area is 181 Å². The molecular formula is C20H12Y2-2. The van der Waals surface area contributed by atoms with Crippen LogP contribution < -0.4 is 0 Å². The first kappa shape index (κ1) is 16.7. The summed E-state index contributed by atoms with van der Waals surface area (Å²) in [5.41, 5.74) is 8.41. The molecule has 0 fully saturated rings. The third-order valence-electron chi connectivity index (χ3n) is 4.66. The predicted molar refractivity (Wildman–Crippen MR) is 78.9 cm³/mol. The van der Waals surface area contributed by atoms with Crippen molar-refractivity contribution in [3.8, 4) is 0 Å². The molecule has 3 aromatic rings. The van der Waals surface area contributed by atoms with E-state index < -0.39 is 0 Å². The molecule has 0 heterocycles. The van der Waals surface area contributed by atoms with E-state index in [1.807, 2.05) is 12.1 Å². The summed E-state index contributed by atoms with van der Waals surface area (Å²) < 4.78 is 0. The van der Waals surface area contributed by atoms with Crippen LogP contribution >= 0.6 is 0 Å². The van der Waals surface area contributed by atoms with Gasteiger partial charge in [0, 0.05) is 65.4 Å². The van der Waals surface area contributed by atoms with Gasteiger partial charge in [-0.05, 0) is 11.5 Å². The molecule has 0 aliphatic heterocycles. The van der Waals surface area contributed by atoms with Crippen LogP contribution in [0.1, 0.15) is 45.2 Å². The fraction of sp³-hybridized carbons (Fsp3) is 0.100. The molecule has 0 amide bonds. The first-order chi connectivity index (χ1) is 9.95. The van der Waals surface area contributed by atoms with E-state index in [-0.39, 0.29) is 65.4 Å². The Bertz CT molecular complexity index is 656. The molecule has 100 valence electrons. The van der Waals surface area contributed by atoms with E-state index in [0.717, 1.165) is 0 Å². The van der Waals surface area contributed by atoms with Gasteiger partial charge >= 0.3 is 0 Å². The fourth-order valence-corrected chi connectivity index (χ4v) is 3.92. The van der Waals surface area contributed by atoms with E-state index in [1.165, 1.54) is 33.4 Å². The van der Waals surface area contributed by atoms with E-state index in [1.54, 1.807) is 0 Å². The predicted octanol–water partition coefficient (Wildman–Crippen LogP) is 4.27. The van der Waals surface area contributed by atoms with Crippen molar-refractivity contribution in [3.63, 3.8) is 0 Å². The average Bonchev–Trinajstić information content (AvgIpc) is 2.54. The van der Waals surface area contributed by atoms with Crippen molar-refractivity contribution >= 4 is 0 Å². The van der Waals surface area contributed by atoms with E-state index >= 15 is 0 Å². The van der Waals surface area contributed by atoms with Gasteiger partial charge in [-0.15, -0.1) is 11.1 Å². The van der Waals surface area contributed by atoms with Crippen molar-refractivity contribution in [2.45, 2.75) is 11.8 Å². The second kappa shape index (κ2) is 6.40. The Morgan fingerprint density at radius 2 is 1.00 bits per heavy atom. The Morgan fingerprint density at radius 3 is 1.55 bits per heavy atom. The van der Waals surface area contributed by atoms with Gasteiger partial charge < -0.3 is 0 Å². The second-order valence-electron chi connectivity index (χ2n) is 5.57. The number of rotatable bonds is 0. The van der Waals surface area contributed by atoms with Crippen molar-refractivity contribution in [1.29, 1.82) is 0 Å². The molecule has 22 heavy (non-hydrogen) atoms. The fourth-order valence-electron chi connectivity index (χ4n) is 3.92. The van der Waals surface area contributed by atoms with E-state index in [2.05, 4.69) is 60.7 Å². The van der Waals surface area contributed by atoms with Crippen molar-refractivity contribution < 1.29 is 65.4 Å². The zero-order valence-corrected chi connectivity index (χ0v) is 17.8. The van der Waals surface area contributed by atoms with Gasteiger partial charge in [0.25, 0.3) is 0 Å². The summed E-state index contributed by atoms with van der Waals surface area (Å²) in [4.78, 5) is 0. The smallest absolute Gasteiger partial charge is 0 e. The Hall–Kier alpha value is -0.132. The molecule has 2 heteroatoms. The van der Waals surface area contributed by atoms with Crippen molar-refractivity contribution in [2.24, 2.45) is 0 Å². The number of benzene rings is 3. The van der Waals surface area contributed by atoms with Gasteiger partial charge in [-0.25, -0.2) is 0 Å². The summed E-state index contributed by atoms with van der Waals surface area (Å²) in [6.45, 7) is 0. The third kappa shape index (κ3) is 2.19. The summed E-state index contributed by atoms with van der Waals surface area (Å²) in [6, 6.07) is 28.6. The third-order valence-corrected chi connectivity index (χ3v) is 4.66. The van der Waals surface area contributed by atoms with Gasteiger partial charge in [-0.3, -0.25) is 0 Å². The van der Waals surface area contributed by atoms with Gasteiger partial charge in [0.05, 0.1) is 0 Å². The zero-order chi connectivity index (χ0) is 13.1. The molecule has 0 saturated heterocycles. The summed E-state index contributed by atoms with van der Waals surface area (Å²) in [5, 5.41) is 0. The minimum absolute atomic E-state index is 0. The summed E-state index contributed by atoms with van der Waals surface area (Å²) >= 11 is 0. The van der Waals surface area contributed by atoms with E-state index in [0.29, 0.717) is 11.8 Å².